The summed E-state index contributed by atoms with van der Waals surface area (Å²) < 4.78 is 17.3. The third-order valence-corrected chi connectivity index (χ3v) is 5.60. The van der Waals surface area contributed by atoms with Crippen LogP contribution in [0.25, 0.3) is 6.08 Å². The number of allylic oxidation sites excluding steroid dienone is 1. The summed E-state index contributed by atoms with van der Waals surface area (Å²) in [6, 6.07) is 9.65. The molecule has 2 aliphatic heterocycles. The van der Waals surface area contributed by atoms with E-state index < -0.39 is 0 Å². The van der Waals surface area contributed by atoms with Crippen LogP contribution >= 0.6 is 11.3 Å². The lowest BCUT2D eigenvalue weighted by Crippen LogP contribution is -2.31. The highest BCUT2D eigenvalue weighted by Gasteiger charge is 2.33. The molecule has 27 heavy (non-hydrogen) atoms. The molecule has 2 aromatic heterocycles. The van der Waals surface area contributed by atoms with Crippen molar-refractivity contribution in [3.63, 3.8) is 0 Å². The zero-order chi connectivity index (χ0) is 18.4. The van der Waals surface area contributed by atoms with Gasteiger partial charge in [-0.3, -0.25) is 9.69 Å². The minimum absolute atomic E-state index is 0.0764. The van der Waals surface area contributed by atoms with E-state index >= 15 is 0 Å². The number of carbonyl (C=O) groups is 1. The summed E-state index contributed by atoms with van der Waals surface area (Å²) in [6.45, 7) is 3.78. The fraction of sp³-hybridized carbons (Fsp3) is 0.190. The van der Waals surface area contributed by atoms with Crippen LogP contribution in [0.15, 0.2) is 52.2 Å². The molecule has 0 unspecified atom stereocenters. The highest BCUT2D eigenvalue weighted by atomic mass is 32.1. The number of nitrogens with zero attached hydrogens (tertiary/aromatic N) is 1. The standard InChI is InChI=1S/C21H17NO4S/c1-13-20-14(10-22(12-25-20)11-15-4-2-6-24-15)8-17-19(23)18(26-21(13)17)9-16-5-3-7-27-16/h2-9H,10-12H2,1H3/b18-9-. The molecule has 6 heteroatoms. The van der Waals surface area contributed by atoms with E-state index in [1.165, 1.54) is 0 Å². The Hall–Kier alpha value is -2.83. The van der Waals surface area contributed by atoms with E-state index in [-0.39, 0.29) is 5.78 Å². The van der Waals surface area contributed by atoms with Gasteiger partial charge in [-0.1, -0.05) is 6.07 Å². The second kappa shape index (κ2) is 6.40. The van der Waals surface area contributed by atoms with Gasteiger partial charge >= 0.3 is 0 Å². The first kappa shape index (κ1) is 16.4. The molecule has 1 aromatic carbocycles. The highest BCUT2D eigenvalue weighted by molar-refractivity contribution is 7.10. The van der Waals surface area contributed by atoms with Crippen LogP contribution in [0, 0.1) is 6.92 Å². The third kappa shape index (κ3) is 2.87. The zero-order valence-electron chi connectivity index (χ0n) is 14.7. The van der Waals surface area contributed by atoms with E-state index in [0.717, 1.165) is 27.5 Å². The minimum Gasteiger partial charge on any atom is -0.477 e. The third-order valence-electron chi connectivity index (χ3n) is 4.78. The molecule has 0 radical (unpaired) electrons. The summed E-state index contributed by atoms with van der Waals surface area (Å²) in [5.74, 6) is 2.61. The minimum atomic E-state index is -0.0764. The molecule has 0 spiro atoms. The van der Waals surface area contributed by atoms with Gasteiger partial charge in [0.05, 0.1) is 18.4 Å². The molecule has 0 saturated heterocycles. The SMILES string of the molecule is Cc1c2c(cc3c1O/C(=C\c1cccs1)C3=O)CN(Cc1ccco1)CO2. The Morgan fingerprint density at radius 3 is 2.96 bits per heavy atom. The maximum absolute atomic E-state index is 12.8. The smallest absolute Gasteiger partial charge is 0.232 e. The Labute approximate surface area is 160 Å². The number of fused-ring (bicyclic) bond motifs is 2. The van der Waals surface area contributed by atoms with Crippen molar-refractivity contribution in [2.45, 2.75) is 20.0 Å². The van der Waals surface area contributed by atoms with Gasteiger partial charge in [0.15, 0.2) is 5.76 Å². The molecule has 0 saturated carbocycles. The van der Waals surface area contributed by atoms with Crippen molar-refractivity contribution in [2.75, 3.05) is 6.73 Å². The zero-order valence-corrected chi connectivity index (χ0v) is 15.5. The van der Waals surface area contributed by atoms with E-state index in [0.29, 0.717) is 36.9 Å². The Morgan fingerprint density at radius 2 is 2.19 bits per heavy atom. The van der Waals surface area contributed by atoms with Crippen molar-refractivity contribution in [1.82, 2.24) is 4.90 Å². The molecule has 0 bridgehead atoms. The topological polar surface area (TPSA) is 51.9 Å². The number of furan rings is 1. The van der Waals surface area contributed by atoms with Gasteiger partial charge in [0.2, 0.25) is 5.78 Å². The van der Waals surface area contributed by atoms with Crippen LogP contribution in [-0.2, 0) is 13.1 Å². The van der Waals surface area contributed by atoms with Crippen LogP contribution in [0.1, 0.15) is 32.1 Å². The summed E-state index contributed by atoms with van der Waals surface area (Å²) in [6.07, 6.45) is 3.47. The average Bonchev–Trinajstić information content (AvgIpc) is 3.41. The van der Waals surface area contributed by atoms with E-state index in [2.05, 4.69) is 4.90 Å². The van der Waals surface area contributed by atoms with E-state index in [4.69, 9.17) is 13.9 Å². The van der Waals surface area contributed by atoms with Gasteiger partial charge in [0.25, 0.3) is 0 Å². The average molecular weight is 379 g/mol. The molecule has 0 fully saturated rings. The molecule has 0 N–H and O–H groups in total. The van der Waals surface area contributed by atoms with Crippen LogP contribution in [0.3, 0.4) is 0 Å². The van der Waals surface area contributed by atoms with Crippen molar-refractivity contribution in [1.29, 1.82) is 0 Å². The maximum atomic E-state index is 12.8. The predicted molar refractivity (Wildman–Crippen MR) is 102 cm³/mol. The Kier molecular flexibility index (Phi) is 3.88. The largest absolute Gasteiger partial charge is 0.477 e. The Bertz CT molecular complexity index is 1030. The molecule has 0 aliphatic carbocycles. The number of rotatable bonds is 3. The van der Waals surface area contributed by atoms with Gasteiger partial charge < -0.3 is 13.9 Å². The van der Waals surface area contributed by atoms with E-state index in [9.17, 15) is 4.79 Å². The van der Waals surface area contributed by atoms with Crippen LogP contribution in [-0.4, -0.2) is 17.4 Å². The van der Waals surface area contributed by atoms with Gasteiger partial charge in [0.1, 0.15) is 24.0 Å². The van der Waals surface area contributed by atoms with Crippen molar-refractivity contribution in [2.24, 2.45) is 0 Å². The molecule has 136 valence electrons. The lowest BCUT2D eigenvalue weighted by Gasteiger charge is -2.29. The van der Waals surface area contributed by atoms with Crippen LogP contribution in [0.4, 0.5) is 0 Å². The van der Waals surface area contributed by atoms with Gasteiger partial charge in [-0.15, -0.1) is 11.3 Å². The van der Waals surface area contributed by atoms with E-state index in [1.54, 1.807) is 23.7 Å². The fourth-order valence-corrected chi connectivity index (χ4v) is 4.17. The van der Waals surface area contributed by atoms with Crippen molar-refractivity contribution in [3.05, 3.63) is 75.1 Å². The molecular formula is C21H17NO4S. The first-order chi connectivity index (χ1) is 13.2. The summed E-state index contributed by atoms with van der Waals surface area (Å²) in [5.41, 5.74) is 2.49. The van der Waals surface area contributed by atoms with Gasteiger partial charge in [-0.25, -0.2) is 0 Å². The van der Waals surface area contributed by atoms with Crippen LogP contribution in [0.2, 0.25) is 0 Å². The monoisotopic (exact) mass is 379 g/mol. The summed E-state index contributed by atoms with van der Waals surface area (Å²) in [5, 5.41) is 1.98. The number of Topliss-reactive ketones (excluding diaryl/α,β-unsaturated/α-hetero) is 1. The molecule has 3 aromatic rings. The normalized spacial score (nSPS) is 17.5. The molecule has 5 rings (SSSR count). The number of carbonyl (C=O) groups excluding carboxylic acids is 1. The molecule has 5 nitrogen and oxygen atoms in total. The summed E-state index contributed by atoms with van der Waals surface area (Å²) >= 11 is 1.57. The first-order valence-corrected chi connectivity index (χ1v) is 9.59. The number of hydrogen-bond donors (Lipinski definition) is 0. The fourth-order valence-electron chi connectivity index (χ4n) is 3.52. The Morgan fingerprint density at radius 1 is 1.26 bits per heavy atom. The number of thiophene rings is 1. The second-order valence-electron chi connectivity index (χ2n) is 6.66. The molecule has 2 aliphatic rings. The maximum Gasteiger partial charge on any atom is 0.232 e. The van der Waals surface area contributed by atoms with Gasteiger partial charge in [-0.05, 0) is 36.6 Å². The predicted octanol–water partition coefficient (Wildman–Crippen LogP) is 4.62. The van der Waals surface area contributed by atoms with Gasteiger partial charge in [0, 0.05) is 28.6 Å². The van der Waals surface area contributed by atoms with Crippen molar-refractivity contribution in [3.8, 4) is 11.5 Å². The highest BCUT2D eigenvalue weighted by Crippen LogP contribution is 2.43. The number of benzene rings is 1. The van der Waals surface area contributed by atoms with Crippen LogP contribution in [0.5, 0.6) is 11.5 Å². The lowest BCUT2D eigenvalue weighted by atomic mass is 10.00. The summed E-state index contributed by atoms with van der Waals surface area (Å²) in [7, 11) is 0. The number of ether oxygens (including phenoxy) is 2. The van der Waals surface area contributed by atoms with Crippen molar-refractivity contribution >= 4 is 23.2 Å². The summed E-state index contributed by atoms with van der Waals surface area (Å²) in [4.78, 5) is 16.0. The Balaban J connectivity index is 1.46. The van der Waals surface area contributed by atoms with Crippen LogP contribution < -0.4 is 9.47 Å². The quantitative estimate of drug-likeness (QED) is 0.622. The lowest BCUT2D eigenvalue weighted by molar-refractivity contribution is 0.0813. The number of hydrogen-bond acceptors (Lipinski definition) is 6. The molecule has 0 atom stereocenters. The first-order valence-electron chi connectivity index (χ1n) is 8.71. The van der Waals surface area contributed by atoms with Crippen molar-refractivity contribution < 1.29 is 18.7 Å². The van der Waals surface area contributed by atoms with E-state index in [1.807, 2.05) is 42.6 Å². The molecule has 0 amide bonds. The molecular weight excluding hydrogens is 362 g/mol. The second-order valence-corrected chi connectivity index (χ2v) is 7.64. The number of ketones is 1. The van der Waals surface area contributed by atoms with Gasteiger partial charge in [-0.2, -0.15) is 0 Å². The molecule has 4 heterocycles.